The number of pyridine rings is 1. The van der Waals surface area contributed by atoms with Gasteiger partial charge in [-0.05, 0) is 42.5 Å². The smallest absolute Gasteiger partial charge is 0.280 e. The van der Waals surface area contributed by atoms with Gasteiger partial charge in [0.25, 0.3) is 5.69 Å². The van der Waals surface area contributed by atoms with E-state index in [-0.39, 0.29) is 24.4 Å². The molecule has 29 heavy (non-hydrogen) atoms. The monoisotopic (exact) mass is 410 g/mol. The zero-order valence-corrected chi connectivity index (χ0v) is 16.1. The number of nitrogens with zero attached hydrogens (tertiary/aromatic N) is 3. The molecular weight excluding hydrogens is 392 g/mol. The fraction of sp³-hybridized carbons (Fsp3) is 0.200. The number of benzene rings is 1. The molecule has 1 saturated heterocycles. The molecule has 0 spiro atoms. The standard InChI is InChI=1S/C20H18N4O4S/c25-12-11-23-19(18(22-20(23)29)14-6-3-4-10-21-14)17-9-8-16(28-17)13-5-1-2-7-15(13)24(26)27/h1-10,18-19,25H,11-12H2,(H,22,29). The second kappa shape index (κ2) is 7.98. The number of hydrogen-bond acceptors (Lipinski definition) is 6. The molecule has 4 rings (SSSR count). The Balaban J connectivity index is 1.75. The molecule has 1 fully saturated rings. The summed E-state index contributed by atoms with van der Waals surface area (Å²) in [5, 5.41) is 24.6. The Morgan fingerprint density at radius 3 is 2.72 bits per heavy atom. The third-order valence-electron chi connectivity index (χ3n) is 4.82. The van der Waals surface area contributed by atoms with Gasteiger partial charge < -0.3 is 19.7 Å². The summed E-state index contributed by atoms with van der Waals surface area (Å²) < 4.78 is 6.07. The summed E-state index contributed by atoms with van der Waals surface area (Å²) in [5.41, 5.74) is 1.16. The van der Waals surface area contributed by atoms with E-state index in [9.17, 15) is 15.2 Å². The number of nitro groups is 1. The van der Waals surface area contributed by atoms with E-state index in [1.165, 1.54) is 6.07 Å². The number of nitro benzene ring substituents is 1. The predicted molar refractivity (Wildman–Crippen MR) is 110 cm³/mol. The molecular formula is C20H18N4O4S. The molecule has 3 heterocycles. The molecule has 2 atom stereocenters. The molecule has 8 nitrogen and oxygen atoms in total. The van der Waals surface area contributed by atoms with Crippen LogP contribution in [0.25, 0.3) is 11.3 Å². The van der Waals surface area contributed by atoms with E-state index in [4.69, 9.17) is 16.6 Å². The van der Waals surface area contributed by atoms with Gasteiger partial charge in [0, 0.05) is 18.8 Å². The van der Waals surface area contributed by atoms with Crippen LogP contribution in [-0.2, 0) is 0 Å². The SMILES string of the molecule is O=[N+]([O-])c1ccccc1-c1ccc(C2C(c3ccccn3)NC(=S)N2CCO)o1. The molecule has 0 radical (unpaired) electrons. The largest absolute Gasteiger partial charge is 0.459 e. The summed E-state index contributed by atoms with van der Waals surface area (Å²) in [4.78, 5) is 17.2. The van der Waals surface area contributed by atoms with E-state index in [0.717, 1.165) is 5.69 Å². The number of hydrogen-bond donors (Lipinski definition) is 2. The molecule has 2 N–H and O–H groups in total. The summed E-state index contributed by atoms with van der Waals surface area (Å²) in [6.07, 6.45) is 1.70. The summed E-state index contributed by atoms with van der Waals surface area (Å²) >= 11 is 5.46. The minimum Gasteiger partial charge on any atom is -0.459 e. The van der Waals surface area contributed by atoms with Crippen LogP contribution >= 0.6 is 12.2 Å². The quantitative estimate of drug-likeness (QED) is 0.363. The van der Waals surface area contributed by atoms with Crippen molar-refractivity contribution in [3.05, 3.63) is 82.4 Å². The number of rotatable bonds is 6. The molecule has 1 aliphatic rings. The lowest BCUT2D eigenvalue weighted by molar-refractivity contribution is -0.384. The fourth-order valence-corrected chi connectivity index (χ4v) is 3.89. The molecule has 2 unspecified atom stereocenters. The lowest BCUT2D eigenvalue weighted by Gasteiger charge is -2.25. The highest BCUT2D eigenvalue weighted by atomic mass is 32.1. The number of thiocarbonyl (C=S) groups is 1. The number of β-amino-alcohol motifs (C(OH)–C–C–N with tert-alkyl or cyclic N) is 1. The molecule has 148 valence electrons. The minimum absolute atomic E-state index is 0.0260. The van der Waals surface area contributed by atoms with Crippen LogP contribution < -0.4 is 5.32 Å². The van der Waals surface area contributed by atoms with E-state index >= 15 is 0 Å². The molecule has 0 aliphatic carbocycles. The average Bonchev–Trinajstić information content (AvgIpc) is 3.34. The number of furan rings is 1. The van der Waals surface area contributed by atoms with Crippen LogP contribution in [0.4, 0.5) is 5.69 Å². The van der Waals surface area contributed by atoms with Crippen LogP contribution in [-0.4, -0.2) is 38.2 Å². The molecule has 2 aromatic heterocycles. The van der Waals surface area contributed by atoms with Crippen molar-refractivity contribution in [3.8, 4) is 11.3 Å². The third kappa shape index (κ3) is 3.57. The number of para-hydroxylation sites is 1. The van der Waals surface area contributed by atoms with Crippen LogP contribution in [0.5, 0.6) is 0 Å². The Hall–Kier alpha value is -3.30. The van der Waals surface area contributed by atoms with Crippen LogP contribution in [0.3, 0.4) is 0 Å². The highest BCUT2D eigenvalue weighted by Gasteiger charge is 2.41. The van der Waals surface area contributed by atoms with Gasteiger partial charge in [-0.2, -0.15) is 0 Å². The molecule has 0 bridgehead atoms. The van der Waals surface area contributed by atoms with Gasteiger partial charge in [0.1, 0.15) is 17.6 Å². The van der Waals surface area contributed by atoms with Gasteiger partial charge in [-0.1, -0.05) is 18.2 Å². The summed E-state index contributed by atoms with van der Waals surface area (Å²) in [7, 11) is 0. The maximum absolute atomic E-state index is 11.4. The second-order valence-corrected chi connectivity index (χ2v) is 6.91. The van der Waals surface area contributed by atoms with Crippen molar-refractivity contribution in [3.63, 3.8) is 0 Å². The van der Waals surface area contributed by atoms with Gasteiger partial charge in [-0.15, -0.1) is 0 Å². The minimum atomic E-state index is -0.432. The highest BCUT2D eigenvalue weighted by Crippen LogP contribution is 2.41. The van der Waals surface area contributed by atoms with Crippen molar-refractivity contribution in [2.45, 2.75) is 12.1 Å². The van der Waals surface area contributed by atoms with Gasteiger partial charge in [0.2, 0.25) is 0 Å². The highest BCUT2D eigenvalue weighted by molar-refractivity contribution is 7.80. The van der Waals surface area contributed by atoms with Crippen molar-refractivity contribution < 1.29 is 14.4 Å². The van der Waals surface area contributed by atoms with Gasteiger partial charge in [0.15, 0.2) is 5.11 Å². The van der Waals surface area contributed by atoms with E-state index in [0.29, 0.717) is 28.7 Å². The first-order chi connectivity index (χ1) is 14.1. The summed E-state index contributed by atoms with van der Waals surface area (Å²) in [6, 6.07) is 14.9. The number of aliphatic hydroxyl groups is 1. The maximum atomic E-state index is 11.4. The van der Waals surface area contributed by atoms with Crippen LogP contribution in [0.2, 0.25) is 0 Å². The van der Waals surface area contributed by atoms with Gasteiger partial charge >= 0.3 is 0 Å². The summed E-state index contributed by atoms with van der Waals surface area (Å²) in [5.74, 6) is 0.975. The topological polar surface area (TPSA) is 105 Å². The molecule has 9 heteroatoms. The fourth-order valence-electron chi connectivity index (χ4n) is 3.56. The Morgan fingerprint density at radius 2 is 2.00 bits per heavy atom. The zero-order chi connectivity index (χ0) is 20.4. The Bertz CT molecular complexity index is 1040. The van der Waals surface area contributed by atoms with E-state index in [2.05, 4.69) is 10.3 Å². The lowest BCUT2D eigenvalue weighted by atomic mass is 10.0. The van der Waals surface area contributed by atoms with Crippen molar-refractivity contribution >= 4 is 23.0 Å². The Kier molecular flexibility index (Phi) is 5.24. The molecule has 0 saturated carbocycles. The van der Waals surface area contributed by atoms with Gasteiger partial charge in [0.05, 0.1) is 28.8 Å². The first kappa shape index (κ1) is 19.0. The van der Waals surface area contributed by atoms with E-state index < -0.39 is 4.92 Å². The summed E-state index contributed by atoms with van der Waals surface area (Å²) in [6.45, 7) is 0.242. The average molecular weight is 410 g/mol. The number of aromatic nitrogens is 1. The number of nitrogens with one attached hydrogen (secondary N) is 1. The maximum Gasteiger partial charge on any atom is 0.280 e. The molecule has 1 aliphatic heterocycles. The molecule has 3 aromatic rings. The van der Waals surface area contributed by atoms with Gasteiger partial charge in [-0.3, -0.25) is 15.1 Å². The van der Waals surface area contributed by atoms with E-state index in [1.54, 1.807) is 36.5 Å². The molecule has 0 amide bonds. The molecule has 1 aromatic carbocycles. The predicted octanol–water partition coefficient (Wildman–Crippen LogP) is 3.21. The van der Waals surface area contributed by atoms with Crippen molar-refractivity contribution in [2.24, 2.45) is 0 Å². The first-order valence-corrected chi connectivity index (χ1v) is 9.43. The first-order valence-electron chi connectivity index (χ1n) is 9.02. The van der Waals surface area contributed by atoms with Crippen LogP contribution in [0, 0.1) is 10.1 Å². The Labute approximate surface area is 171 Å². The van der Waals surface area contributed by atoms with Crippen molar-refractivity contribution in [1.82, 2.24) is 15.2 Å². The van der Waals surface area contributed by atoms with Crippen molar-refractivity contribution in [1.29, 1.82) is 0 Å². The van der Waals surface area contributed by atoms with Crippen LogP contribution in [0.1, 0.15) is 23.5 Å². The third-order valence-corrected chi connectivity index (χ3v) is 5.18. The number of aliphatic hydroxyl groups excluding tert-OH is 1. The van der Waals surface area contributed by atoms with E-state index in [1.807, 2.05) is 23.1 Å². The second-order valence-electron chi connectivity index (χ2n) is 6.52. The van der Waals surface area contributed by atoms with Gasteiger partial charge in [-0.25, -0.2) is 0 Å². The lowest BCUT2D eigenvalue weighted by Crippen LogP contribution is -2.32. The zero-order valence-electron chi connectivity index (χ0n) is 15.3. The van der Waals surface area contributed by atoms with Crippen molar-refractivity contribution in [2.75, 3.05) is 13.2 Å². The normalized spacial score (nSPS) is 18.7. The van der Waals surface area contributed by atoms with Crippen LogP contribution in [0.15, 0.2) is 65.2 Å². The Morgan fingerprint density at radius 1 is 1.21 bits per heavy atom.